The average molecular weight is 451 g/mol. The van der Waals surface area contributed by atoms with Crippen molar-refractivity contribution in [3.05, 3.63) is 88.8 Å². The maximum absolute atomic E-state index is 12.6. The van der Waals surface area contributed by atoms with Gasteiger partial charge in [-0.15, -0.1) is 11.8 Å². The van der Waals surface area contributed by atoms with Crippen LogP contribution in [0.3, 0.4) is 0 Å². The van der Waals surface area contributed by atoms with Crippen LogP contribution in [0.1, 0.15) is 18.4 Å². The van der Waals surface area contributed by atoms with Gasteiger partial charge in [-0.2, -0.15) is 0 Å². The number of ether oxygens (including phenoxy) is 2. The maximum atomic E-state index is 12.6. The Morgan fingerprint density at radius 3 is 2.41 bits per heavy atom. The van der Waals surface area contributed by atoms with E-state index in [0.717, 1.165) is 16.1 Å². The van der Waals surface area contributed by atoms with Crippen molar-refractivity contribution in [1.82, 2.24) is 9.47 Å². The Labute approximate surface area is 191 Å². The summed E-state index contributed by atoms with van der Waals surface area (Å²) >= 11 is 1.66. The summed E-state index contributed by atoms with van der Waals surface area (Å²) in [6.07, 6.45) is 4.80. The van der Waals surface area contributed by atoms with Crippen molar-refractivity contribution in [3.63, 3.8) is 0 Å². The third kappa shape index (κ3) is 5.53. The van der Waals surface area contributed by atoms with Crippen LogP contribution in [0, 0.1) is 0 Å². The number of carbonyl (C=O) groups excluding carboxylic acids is 1. The van der Waals surface area contributed by atoms with Crippen molar-refractivity contribution in [2.45, 2.75) is 30.4 Å². The molecule has 0 radical (unpaired) electrons. The smallest absolute Gasteiger partial charge is 0.410 e. The Morgan fingerprint density at radius 1 is 1.03 bits per heavy atom. The number of likely N-dealkylation sites (tertiary alicyclic amines) is 1. The highest BCUT2D eigenvalue weighted by atomic mass is 32.2. The number of carbonyl (C=O) groups is 1. The summed E-state index contributed by atoms with van der Waals surface area (Å²) in [5.41, 5.74) is 1.65. The minimum Gasteiger partial charge on any atom is -0.490 e. The summed E-state index contributed by atoms with van der Waals surface area (Å²) in [7, 11) is 0. The minimum atomic E-state index is -0.303. The molecule has 6 nitrogen and oxygen atoms in total. The first-order valence-electron chi connectivity index (χ1n) is 10.6. The van der Waals surface area contributed by atoms with E-state index in [0.29, 0.717) is 31.7 Å². The van der Waals surface area contributed by atoms with Crippen molar-refractivity contribution in [2.24, 2.45) is 0 Å². The molecule has 0 spiro atoms. The Morgan fingerprint density at radius 2 is 1.75 bits per heavy atom. The highest BCUT2D eigenvalue weighted by molar-refractivity contribution is 7.98. The highest BCUT2D eigenvalue weighted by Crippen LogP contribution is 2.20. The predicted molar refractivity (Wildman–Crippen MR) is 126 cm³/mol. The molecule has 0 atom stereocenters. The average Bonchev–Trinajstić information content (AvgIpc) is 2.84. The van der Waals surface area contributed by atoms with E-state index in [2.05, 4.69) is 0 Å². The lowest BCUT2D eigenvalue weighted by Crippen LogP contribution is -2.42. The second-order valence-electron chi connectivity index (χ2n) is 7.61. The molecule has 1 aliphatic heterocycles. The number of nitrogens with zero attached hydrogens (tertiary/aromatic N) is 2. The molecule has 0 saturated carbocycles. The third-order valence-electron chi connectivity index (χ3n) is 5.45. The first kappa shape index (κ1) is 22.0. The summed E-state index contributed by atoms with van der Waals surface area (Å²) < 4.78 is 13.0. The summed E-state index contributed by atoms with van der Waals surface area (Å²) in [5.74, 6) is 0.553. The monoisotopic (exact) mass is 450 g/mol. The van der Waals surface area contributed by atoms with Crippen LogP contribution < -0.4 is 10.3 Å². The number of aromatic nitrogens is 1. The number of pyridine rings is 1. The normalized spacial score (nSPS) is 14.2. The van der Waals surface area contributed by atoms with E-state index >= 15 is 0 Å². The van der Waals surface area contributed by atoms with Gasteiger partial charge in [-0.1, -0.05) is 30.3 Å². The van der Waals surface area contributed by atoms with E-state index in [1.807, 2.05) is 66.9 Å². The van der Waals surface area contributed by atoms with Crippen molar-refractivity contribution < 1.29 is 14.3 Å². The molecular formula is C25H26N2O4S. The van der Waals surface area contributed by atoms with Crippen molar-refractivity contribution in [1.29, 1.82) is 0 Å². The Kier molecular flexibility index (Phi) is 7.17. The molecule has 166 valence electrons. The van der Waals surface area contributed by atoms with E-state index in [9.17, 15) is 9.59 Å². The Hall–Kier alpha value is -3.19. The molecule has 0 bridgehead atoms. The fourth-order valence-corrected chi connectivity index (χ4v) is 4.06. The Bertz CT molecular complexity index is 1090. The standard InChI is InChI=1S/C25H26N2O4S/c1-32-23-9-7-20(8-10-23)27-16-13-22(17-24(27)28)31-21-11-14-26(15-12-21)25(29)30-18-19-5-3-2-4-6-19/h2-10,13,16-17,21H,11-12,14-15,18H2,1H3. The van der Waals surface area contributed by atoms with Crippen LogP contribution in [-0.4, -0.2) is 41.0 Å². The van der Waals surface area contributed by atoms with Crippen molar-refractivity contribution in [3.8, 4) is 11.4 Å². The zero-order valence-electron chi connectivity index (χ0n) is 18.0. The van der Waals surface area contributed by atoms with E-state index in [4.69, 9.17) is 9.47 Å². The predicted octanol–water partition coefficient (Wildman–Crippen LogP) is 4.74. The zero-order chi connectivity index (χ0) is 22.3. The molecule has 2 aromatic carbocycles. The summed E-state index contributed by atoms with van der Waals surface area (Å²) in [4.78, 5) is 27.7. The SMILES string of the molecule is CSc1ccc(-n2ccc(OC3CCN(C(=O)OCc4ccccc4)CC3)cc2=O)cc1. The topological polar surface area (TPSA) is 60.8 Å². The fourth-order valence-electron chi connectivity index (χ4n) is 3.65. The van der Waals surface area contributed by atoms with E-state index in [-0.39, 0.29) is 24.4 Å². The molecule has 32 heavy (non-hydrogen) atoms. The molecule has 1 amide bonds. The van der Waals surface area contributed by atoms with Gasteiger partial charge in [0.25, 0.3) is 5.56 Å². The van der Waals surface area contributed by atoms with Gasteiger partial charge in [-0.3, -0.25) is 9.36 Å². The minimum absolute atomic E-state index is 0.0377. The molecule has 1 aliphatic rings. The van der Waals surface area contributed by atoms with E-state index in [1.54, 1.807) is 27.4 Å². The lowest BCUT2D eigenvalue weighted by atomic mass is 10.1. The zero-order valence-corrected chi connectivity index (χ0v) is 18.8. The first-order valence-corrected chi connectivity index (χ1v) is 11.8. The van der Waals surface area contributed by atoms with Gasteiger partial charge in [0.1, 0.15) is 18.5 Å². The van der Waals surface area contributed by atoms with Crippen molar-refractivity contribution in [2.75, 3.05) is 19.3 Å². The van der Waals surface area contributed by atoms with Crippen LogP contribution in [0.5, 0.6) is 5.75 Å². The van der Waals surface area contributed by atoms with Crippen LogP contribution in [-0.2, 0) is 11.3 Å². The number of benzene rings is 2. The van der Waals surface area contributed by atoms with Gasteiger partial charge < -0.3 is 14.4 Å². The largest absolute Gasteiger partial charge is 0.490 e. The molecule has 1 saturated heterocycles. The maximum Gasteiger partial charge on any atom is 0.410 e. The number of piperidine rings is 1. The molecule has 0 unspecified atom stereocenters. The molecule has 3 aromatic rings. The quantitative estimate of drug-likeness (QED) is 0.508. The molecule has 7 heteroatoms. The fraction of sp³-hybridized carbons (Fsp3) is 0.280. The first-order chi connectivity index (χ1) is 15.6. The van der Waals surface area contributed by atoms with Gasteiger partial charge in [0.05, 0.1) is 0 Å². The van der Waals surface area contributed by atoms with E-state index in [1.165, 1.54) is 6.07 Å². The molecule has 0 aliphatic carbocycles. The summed E-state index contributed by atoms with van der Waals surface area (Å²) in [6, 6.07) is 20.8. The second kappa shape index (κ2) is 10.4. The molecular weight excluding hydrogens is 424 g/mol. The van der Waals surface area contributed by atoms with Gasteiger partial charge in [-0.05, 0) is 42.2 Å². The van der Waals surface area contributed by atoms with Crippen molar-refractivity contribution >= 4 is 17.9 Å². The molecule has 4 rings (SSSR count). The molecule has 1 aromatic heterocycles. The van der Waals surface area contributed by atoms with Crippen LogP contribution in [0.4, 0.5) is 4.79 Å². The highest BCUT2D eigenvalue weighted by Gasteiger charge is 2.25. The molecule has 2 heterocycles. The van der Waals surface area contributed by atoms with Gasteiger partial charge in [-0.25, -0.2) is 4.79 Å². The summed E-state index contributed by atoms with van der Waals surface area (Å²) in [5, 5.41) is 0. The second-order valence-corrected chi connectivity index (χ2v) is 8.49. The summed E-state index contributed by atoms with van der Waals surface area (Å²) in [6.45, 7) is 1.40. The Balaban J connectivity index is 1.28. The van der Waals surface area contributed by atoms with Crippen LogP contribution >= 0.6 is 11.8 Å². The van der Waals surface area contributed by atoms with Crippen LogP contribution in [0.15, 0.2) is 82.6 Å². The lowest BCUT2D eigenvalue weighted by molar-refractivity contribution is 0.0638. The van der Waals surface area contributed by atoms with Gasteiger partial charge >= 0.3 is 6.09 Å². The third-order valence-corrected chi connectivity index (χ3v) is 6.19. The number of amides is 1. The van der Waals surface area contributed by atoms with Gasteiger partial charge in [0.2, 0.25) is 0 Å². The number of hydrogen-bond donors (Lipinski definition) is 0. The number of rotatable bonds is 6. The van der Waals surface area contributed by atoms with Gasteiger partial charge in [0.15, 0.2) is 0 Å². The lowest BCUT2D eigenvalue weighted by Gasteiger charge is -2.31. The number of thioether (sulfide) groups is 1. The van der Waals surface area contributed by atoms with E-state index < -0.39 is 0 Å². The van der Waals surface area contributed by atoms with Crippen LogP contribution in [0.2, 0.25) is 0 Å². The van der Waals surface area contributed by atoms with Gasteiger partial charge in [0, 0.05) is 48.8 Å². The number of hydrogen-bond acceptors (Lipinski definition) is 5. The molecule has 0 N–H and O–H groups in total. The van der Waals surface area contributed by atoms with Crippen LogP contribution in [0.25, 0.3) is 5.69 Å². The molecule has 1 fully saturated rings.